The van der Waals surface area contributed by atoms with Gasteiger partial charge < -0.3 is 0 Å². The molecule has 230 valence electrons. The predicted molar refractivity (Wildman–Crippen MR) is 199 cm³/mol. The Bertz CT molecular complexity index is 2020. The maximum atomic E-state index is 2.40. The fourth-order valence-electron chi connectivity index (χ4n) is 6.30. The molecule has 8 rings (SSSR count). The smallest absolute Gasteiger partial charge is 0.228 e. The molecule has 0 unspecified atom stereocenters. The first-order valence-electron chi connectivity index (χ1n) is 15.9. The van der Waals surface area contributed by atoms with Gasteiger partial charge in [0.1, 0.15) is 0 Å². The quantitative estimate of drug-likeness (QED) is 0.139. The average molecular weight is 631 g/mol. The third kappa shape index (κ3) is 6.49. The highest BCUT2D eigenvalue weighted by Crippen LogP contribution is 2.39. The van der Waals surface area contributed by atoms with E-state index in [0.717, 1.165) is 13.3 Å². The van der Waals surface area contributed by atoms with Crippen molar-refractivity contribution in [3.63, 3.8) is 0 Å². The second-order valence-corrected chi connectivity index (χ2v) is 12.4. The van der Waals surface area contributed by atoms with Crippen molar-refractivity contribution in [3.05, 3.63) is 174 Å². The van der Waals surface area contributed by atoms with Crippen molar-refractivity contribution in [3.8, 4) is 0 Å². The molecule has 0 saturated heterocycles. The Hall–Kier alpha value is -5.39. The summed E-state index contributed by atoms with van der Waals surface area (Å²) in [4.78, 5) is 6.09. The Morgan fingerprint density at radius 3 is 1.38 bits per heavy atom. The molecule has 2 aliphatic rings. The Balaban J connectivity index is 0.000000150. The number of anilines is 4. The van der Waals surface area contributed by atoms with Crippen molar-refractivity contribution in [2.75, 3.05) is 29.4 Å². The molecule has 0 N–H and O–H groups in total. The third-order valence-electron chi connectivity index (χ3n) is 8.55. The number of fused-ring (bicyclic) bond motifs is 2. The number of aryl methyl sites for hydroxylation is 1. The van der Waals surface area contributed by atoms with E-state index in [0.29, 0.717) is 0 Å². The summed E-state index contributed by atoms with van der Waals surface area (Å²) in [6.45, 7) is 3.80. The SMILES string of the molecule is CSc1cccc2c1N(c1ccccc1)C[N+](c1ccccc1)=C2.Cc1cccc2c1N(c1ccccc1)C[N+](c1ccccc1)=C2. The van der Waals surface area contributed by atoms with Crippen LogP contribution in [0.15, 0.2) is 163 Å². The molecule has 0 saturated carbocycles. The number of benzene rings is 6. The minimum Gasteiger partial charge on any atom is -0.285 e. The van der Waals surface area contributed by atoms with E-state index >= 15 is 0 Å². The van der Waals surface area contributed by atoms with Gasteiger partial charge in [0, 0.05) is 40.5 Å². The third-order valence-corrected chi connectivity index (χ3v) is 9.32. The Morgan fingerprint density at radius 1 is 0.468 bits per heavy atom. The monoisotopic (exact) mass is 630 g/mol. The normalized spacial score (nSPS) is 13.4. The van der Waals surface area contributed by atoms with Crippen LogP contribution in [0.3, 0.4) is 0 Å². The van der Waals surface area contributed by atoms with Crippen LogP contribution in [-0.2, 0) is 0 Å². The van der Waals surface area contributed by atoms with Gasteiger partial charge in [0.15, 0.2) is 12.4 Å². The largest absolute Gasteiger partial charge is 0.285 e. The predicted octanol–water partition coefficient (Wildman–Crippen LogP) is 10.1. The van der Waals surface area contributed by atoms with E-state index in [1.54, 1.807) is 11.8 Å². The highest BCUT2D eigenvalue weighted by molar-refractivity contribution is 7.98. The van der Waals surface area contributed by atoms with Crippen molar-refractivity contribution < 1.29 is 9.15 Å². The van der Waals surface area contributed by atoms with E-state index in [1.807, 2.05) is 0 Å². The first kappa shape index (κ1) is 30.3. The molecule has 6 aromatic carbocycles. The molecule has 4 nitrogen and oxygen atoms in total. The molecule has 0 aromatic heterocycles. The maximum absolute atomic E-state index is 2.40. The molecule has 0 aliphatic carbocycles. The highest BCUT2D eigenvalue weighted by atomic mass is 32.2. The summed E-state index contributed by atoms with van der Waals surface area (Å²) in [5.41, 5.74) is 11.2. The van der Waals surface area contributed by atoms with E-state index < -0.39 is 0 Å². The van der Waals surface area contributed by atoms with Gasteiger partial charge in [0.05, 0.1) is 22.5 Å². The van der Waals surface area contributed by atoms with Crippen LogP contribution in [0.2, 0.25) is 0 Å². The average Bonchev–Trinajstić information content (AvgIpc) is 3.15. The molecular formula is C42H38N4S+2. The van der Waals surface area contributed by atoms with Crippen LogP contribution in [0, 0.1) is 6.92 Å². The van der Waals surface area contributed by atoms with Crippen LogP contribution in [0.25, 0.3) is 0 Å². The lowest BCUT2D eigenvalue weighted by Gasteiger charge is -2.29. The van der Waals surface area contributed by atoms with Crippen LogP contribution in [0.5, 0.6) is 0 Å². The zero-order chi connectivity index (χ0) is 32.0. The Kier molecular flexibility index (Phi) is 8.98. The van der Waals surface area contributed by atoms with Crippen molar-refractivity contribution in [2.45, 2.75) is 11.8 Å². The van der Waals surface area contributed by atoms with Gasteiger partial charge in [-0.1, -0.05) is 91.0 Å². The van der Waals surface area contributed by atoms with E-state index in [2.05, 4.69) is 202 Å². The van der Waals surface area contributed by atoms with Crippen LogP contribution >= 0.6 is 11.8 Å². The molecule has 6 aromatic rings. The van der Waals surface area contributed by atoms with Gasteiger partial charge in [-0.25, -0.2) is 0 Å². The van der Waals surface area contributed by atoms with Gasteiger partial charge in [-0.3, -0.25) is 9.80 Å². The fourth-order valence-corrected chi connectivity index (χ4v) is 6.94. The Labute approximate surface area is 282 Å². The lowest BCUT2D eigenvalue weighted by Crippen LogP contribution is -2.32. The van der Waals surface area contributed by atoms with Gasteiger partial charge in [0.2, 0.25) is 24.7 Å². The number of hydrogen-bond donors (Lipinski definition) is 0. The lowest BCUT2D eigenvalue weighted by molar-refractivity contribution is -0.434. The molecule has 5 heteroatoms. The molecular weight excluding hydrogens is 593 g/mol. The van der Waals surface area contributed by atoms with Gasteiger partial charge in [0.25, 0.3) is 0 Å². The zero-order valence-corrected chi connectivity index (χ0v) is 27.6. The van der Waals surface area contributed by atoms with Crippen molar-refractivity contribution in [1.29, 1.82) is 0 Å². The van der Waals surface area contributed by atoms with Crippen molar-refractivity contribution in [2.24, 2.45) is 0 Å². The number of hydrogen-bond acceptors (Lipinski definition) is 3. The van der Waals surface area contributed by atoms with E-state index in [1.165, 1.54) is 55.7 Å². The fraction of sp³-hybridized carbons (Fsp3) is 0.0952. The minimum atomic E-state index is 0.804. The second-order valence-electron chi connectivity index (χ2n) is 11.6. The highest BCUT2D eigenvalue weighted by Gasteiger charge is 2.28. The molecule has 0 radical (unpaired) electrons. The molecule has 47 heavy (non-hydrogen) atoms. The van der Waals surface area contributed by atoms with Crippen LogP contribution in [0.1, 0.15) is 16.7 Å². The second kappa shape index (κ2) is 13.9. The zero-order valence-electron chi connectivity index (χ0n) is 26.8. The first-order valence-corrected chi connectivity index (χ1v) is 17.2. The van der Waals surface area contributed by atoms with Crippen molar-refractivity contribution in [1.82, 2.24) is 0 Å². The van der Waals surface area contributed by atoms with Gasteiger partial charge in [-0.15, -0.1) is 11.8 Å². The summed E-state index contributed by atoms with van der Waals surface area (Å²) >= 11 is 1.80. The number of nitrogens with zero attached hydrogens (tertiary/aromatic N) is 4. The molecule has 2 heterocycles. The summed E-state index contributed by atoms with van der Waals surface area (Å²) in [5, 5.41) is 0. The van der Waals surface area contributed by atoms with Gasteiger partial charge in [-0.05, 0) is 61.2 Å². The number of para-hydroxylation sites is 6. The van der Waals surface area contributed by atoms with Crippen molar-refractivity contribution >= 4 is 58.3 Å². The molecule has 0 fully saturated rings. The minimum absolute atomic E-state index is 0.804. The summed E-state index contributed by atoms with van der Waals surface area (Å²) in [5.74, 6) is 0. The number of rotatable bonds is 5. The topological polar surface area (TPSA) is 12.5 Å². The van der Waals surface area contributed by atoms with E-state index in [9.17, 15) is 0 Å². The standard InChI is InChI=1S/C21H19N2S.C21H19N2/c1-24-20-14-8-9-17-15-22(18-10-4-2-5-11-18)16-23(21(17)20)19-12-6-3-7-13-19;1-17-9-8-10-18-15-22(19-11-4-2-5-12-19)16-23(21(17)18)20-13-6-3-7-14-20/h2-15H,16H2,1H3;2-15H,16H2,1H3/q2*+1. The Morgan fingerprint density at radius 2 is 0.894 bits per heavy atom. The van der Waals surface area contributed by atoms with Crippen LogP contribution in [-0.4, -0.2) is 41.2 Å². The molecule has 2 aliphatic heterocycles. The summed E-state index contributed by atoms with van der Waals surface area (Å²) in [6.07, 6.45) is 6.64. The van der Waals surface area contributed by atoms with Gasteiger partial charge >= 0.3 is 0 Å². The van der Waals surface area contributed by atoms with E-state index in [-0.39, 0.29) is 0 Å². The summed E-state index contributed by atoms with van der Waals surface area (Å²) in [6, 6.07) is 55.3. The van der Waals surface area contributed by atoms with Gasteiger partial charge in [-0.2, -0.15) is 9.15 Å². The first-order chi connectivity index (χ1) is 23.2. The van der Waals surface area contributed by atoms with Crippen LogP contribution in [0.4, 0.5) is 34.1 Å². The molecule has 0 spiro atoms. The summed E-state index contributed by atoms with van der Waals surface area (Å²) < 4.78 is 4.61. The van der Waals surface area contributed by atoms with Crippen LogP contribution < -0.4 is 9.80 Å². The molecule has 0 bridgehead atoms. The lowest BCUT2D eigenvalue weighted by atomic mass is 10.0. The number of thioether (sulfide) groups is 1. The molecule has 0 amide bonds. The van der Waals surface area contributed by atoms with E-state index in [4.69, 9.17) is 0 Å². The maximum Gasteiger partial charge on any atom is 0.228 e. The molecule has 0 atom stereocenters. The summed E-state index contributed by atoms with van der Waals surface area (Å²) in [7, 11) is 0.